The standard InChI is InChI=1S/C15H18N4O/c1-10-6-4-5-7-12(10)11(2)17-15(20)13-8-9-14(16-3)19-18-13/h4-9,11H,1-3H3,(H,16,19)(H,17,20). The van der Waals surface area contributed by atoms with Gasteiger partial charge in [-0.2, -0.15) is 0 Å². The maximum Gasteiger partial charge on any atom is 0.272 e. The van der Waals surface area contributed by atoms with Gasteiger partial charge in [0.25, 0.3) is 5.91 Å². The molecule has 0 spiro atoms. The maximum absolute atomic E-state index is 12.1. The zero-order chi connectivity index (χ0) is 14.5. The van der Waals surface area contributed by atoms with E-state index in [0.717, 1.165) is 11.1 Å². The first-order valence-corrected chi connectivity index (χ1v) is 6.49. The Morgan fingerprint density at radius 2 is 1.90 bits per heavy atom. The third-order valence-corrected chi connectivity index (χ3v) is 3.16. The van der Waals surface area contributed by atoms with Gasteiger partial charge in [0.1, 0.15) is 5.82 Å². The molecule has 1 heterocycles. The summed E-state index contributed by atoms with van der Waals surface area (Å²) in [6.45, 7) is 3.98. The van der Waals surface area contributed by atoms with Crippen molar-refractivity contribution in [1.29, 1.82) is 0 Å². The van der Waals surface area contributed by atoms with Gasteiger partial charge in [0.15, 0.2) is 5.69 Å². The van der Waals surface area contributed by atoms with Crippen molar-refractivity contribution in [3.05, 3.63) is 53.2 Å². The monoisotopic (exact) mass is 270 g/mol. The Morgan fingerprint density at radius 3 is 2.50 bits per heavy atom. The number of aryl methyl sites for hydroxylation is 1. The normalized spacial score (nSPS) is 11.8. The van der Waals surface area contributed by atoms with Crippen LogP contribution in [0.4, 0.5) is 5.82 Å². The maximum atomic E-state index is 12.1. The molecule has 0 saturated heterocycles. The van der Waals surface area contributed by atoms with Gasteiger partial charge < -0.3 is 10.6 Å². The number of nitrogens with zero attached hydrogens (tertiary/aromatic N) is 2. The summed E-state index contributed by atoms with van der Waals surface area (Å²) in [6, 6.07) is 11.3. The highest BCUT2D eigenvalue weighted by Gasteiger charge is 2.14. The Balaban J connectivity index is 2.09. The van der Waals surface area contributed by atoms with Crippen LogP contribution in [0.3, 0.4) is 0 Å². The molecule has 0 aliphatic carbocycles. The number of rotatable bonds is 4. The van der Waals surface area contributed by atoms with Gasteiger partial charge in [-0.05, 0) is 37.1 Å². The molecule has 1 aromatic carbocycles. The molecule has 0 radical (unpaired) electrons. The second-order valence-electron chi connectivity index (χ2n) is 4.61. The fourth-order valence-electron chi connectivity index (χ4n) is 2.01. The third kappa shape index (κ3) is 3.12. The van der Waals surface area contributed by atoms with Gasteiger partial charge in [0, 0.05) is 7.05 Å². The lowest BCUT2D eigenvalue weighted by molar-refractivity contribution is 0.0934. The fraction of sp³-hybridized carbons (Fsp3) is 0.267. The Morgan fingerprint density at radius 1 is 1.15 bits per heavy atom. The van der Waals surface area contributed by atoms with Gasteiger partial charge in [-0.15, -0.1) is 10.2 Å². The van der Waals surface area contributed by atoms with Gasteiger partial charge in [-0.25, -0.2) is 0 Å². The van der Waals surface area contributed by atoms with Gasteiger partial charge in [-0.3, -0.25) is 4.79 Å². The van der Waals surface area contributed by atoms with Gasteiger partial charge in [0.05, 0.1) is 6.04 Å². The molecular formula is C15H18N4O. The highest BCUT2D eigenvalue weighted by molar-refractivity contribution is 5.92. The van der Waals surface area contributed by atoms with E-state index in [-0.39, 0.29) is 11.9 Å². The van der Waals surface area contributed by atoms with Crippen LogP contribution in [0.1, 0.15) is 34.6 Å². The molecule has 1 atom stereocenters. The number of carbonyl (C=O) groups is 1. The predicted octanol–water partition coefficient (Wildman–Crippen LogP) is 2.32. The Hall–Kier alpha value is -2.43. The number of aromatic nitrogens is 2. The van der Waals surface area contributed by atoms with Gasteiger partial charge >= 0.3 is 0 Å². The van der Waals surface area contributed by atoms with E-state index in [0.29, 0.717) is 11.5 Å². The Labute approximate surface area is 118 Å². The first kappa shape index (κ1) is 14.0. The van der Waals surface area contributed by atoms with Crippen LogP contribution in [0.5, 0.6) is 0 Å². The van der Waals surface area contributed by atoms with E-state index in [9.17, 15) is 4.79 Å². The van der Waals surface area contributed by atoms with Crippen LogP contribution in [-0.2, 0) is 0 Å². The number of hydrogen-bond donors (Lipinski definition) is 2. The van der Waals surface area contributed by atoms with Crippen molar-refractivity contribution in [3.8, 4) is 0 Å². The van der Waals surface area contributed by atoms with E-state index in [4.69, 9.17) is 0 Å². The van der Waals surface area contributed by atoms with Crippen molar-refractivity contribution in [2.75, 3.05) is 12.4 Å². The third-order valence-electron chi connectivity index (χ3n) is 3.16. The molecule has 1 amide bonds. The molecule has 2 aromatic rings. The molecule has 2 N–H and O–H groups in total. The number of nitrogens with one attached hydrogen (secondary N) is 2. The van der Waals surface area contributed by atoms with Crippen molar-refractivity contribution >= 4 is 11.7 Å². The lowest BCUT2D eigenvalue weighted by atomic mass is 10.0. The average Bonchev–Trinajstić information content (AvgIpc) is 2.47. The number of benzene rings is 1. The molecule has 0 aliphatic heterocycles. The van der Waals surface area contributed by atoms with Crippen LogP contribution >= 0.6 is 0 Å². The number of amides is 1. The number of hydrogen-bond acceptors (Lipinski definition) is 4. The summed E-state index contributed by atoms with van der Waals surface area (Å²) in [7, 11) is 1.75. The highest BCUT2D eigenvalue weighted by atomic mass is 16.2. The summed E-state index contributed by atoms with van der Waals surface area (Å²) in [5.41, 5.74) is 2.56. The first-order valence-electron chi connectivity index (χ1n) is 6.49. The molecule has 1 unspecified atom stereocenters. The summed E-state index contributed by atoms with van der Waals surface area (Å²) in [5.74, 6) is 0.407. The molecule has 0 saturated carbocycles. The summed E-state index contributed by atoms with van der Waals surface area (Å²) in [6.07, 6.45) is 0. The van der Waals surface area contributed by atoms with E-state index in [1.807, 2.05) is 38.1 Å². The summed E-state index contributed by atoms with van der Waals surface area (Å²) in [4.78, 5) is 12.1. The fourth-order valence-corrected chi connectivity index (χ4v) is 2.01. The molecule has 0 bridgehead atoms. The highest BCUT2D eigenvalue weighted by Crippen LogP contribution is 2.17. The summed E-state index contributed by atoms with van der Waals surface area (Å²) < 4.78 is 0. The van der Waals surface area contributed by atoms with Crippen LogP contribution in [0, 0.1) is 6.92 Å². The second-order valence-corrected chi connectivity index (χ2v) is 4.61. The van der Waals surface area contributed by atoms with Gasteiger partial charge in [-0.1, -0.05) is 24.3 Å². The van der Waals surface area contributed by atoms with Crippen LogP contribution < -0.4 is 10.6 Å². The van der Waals surface area contributed by atoms with Crippen molar-refractivity contribution in [2.45, 2.75) is 19.9 Å². The lowest BCUT2D eigenvalue weighted by Gasteiger charge is -2.16. The van der Waals surface area contributed by atoms with Crippen molar-refractivity contribution < 1.29 is 4.79 Å². The van der Waals surface area contributed by atoms with E-state index in [2.05, 4.69) is 20.8 Å². The minimum absolute atomic E-state index is 0.0746. The molecular weight excluding hydrogens is 252 g/mol. The summed E-state index contributed by atoms with van der Waals surface area (Å²) in [5, 5.41) is 13.6. The van der Waals surface area contributed by atoms with E-state index < -0.39 is 0 Å². The lowest BCUT2D eigenvalue weighted by Crippen LogP contribution is -2.28. The number of anilines is 1. The zero-order valence-corrected chi connectivity index (χ0v) is 11.8. The summed E-state index contributed by atoms with van der Waals surface area (Å²) >= 11 is 0. The molecule has 104 valence electrons. The van der Waals surface area contributed by atoms with E-state index in [1.165, 1.54) is 0 Å². The smallest absolute Gasteiger partial charge is 0.272 e. The molecule has 5 nitrogen and oxygen atoms in total. The van der Waals surface area contributed by atoms with Crippen molar-refractivity contribution in [1.82, 2.24) is 15.5 Å². The van der Waals surface area contributed by atoms with Crippen LogP contribution in [-0.4, -0.2) is 23.2 Å². The topological polar surface area (TPSA) is 66.9 Å². The van der Waals surface area contributed by atoms with Gasteiger partial charge in [0.2, 0.25) is 0 Å². The van der Waals surface area contributed by atoms with Crippen LogP contribution in [0.15, 0.2) is 36.4 Å². The molecule has 2 rings (SSSR count). The predicted molar refractivity (Wildman–Crippen MR) is 78.6 cm³/mol. The van der Waals surface area contributed by atoms with Crippen LogP contribution in [0.25, 0.3) is 0 Å². The van der Waals surface area contributed by atoms with E-state index >= 15 is 0 Å². The zero-order valence-electron chi connectivity index (χ0n) is 11.8. The Kier molecular flexibility index (Phi) is 4.30. The molecule has 0 aliphatic rings. The largest absolute Gasteiger partial charge is 0.372 e. The number of carbonyl (C=O) groups excluding carboxylic acids is 1. The van der Waals surface area contributed by atoms with Crippen LogP contribution in [0.2, 0.25) is 0 Å². The SMILES string of the molecule is CNc1ccc(C(=O)NC(C)c2ccccc2C)nn1. The Bertz CT molecular complexity index is 595. The molecule has 0 fully saturated rings. The quantitative estimate of drug-likeness (QED) is 0.894. The van der Waals surface area contributed by atoms with Crippen molar-refractivity contribution in [3.63, 3.8) is 0 Å². The molecule has 5 heteroatoms. The average molecular weight is 270 g/mol. The van der Waals surface area contributed by atoms with Crippen molar-refractivity contribution in [2.24, 2.45) is 0 Å². The minimum Gasteiger partial charge on any atom is -0.372 e. The first-order chi connectivity index (χ1) is 9.61. The molecule has 20 heavy (non-hydrogen) atoms. The second kappa shape index (κ2) is 6.14. The molecule has 1 aromatic heterocycles. The van der Waals surface area contributed by atoms with E-state index in [1.54, 1.807) is 19.2 Å². The minimum atomic E-state index is -0.226.